The number of hydrogen-bond donors (Lipinski definition) is 4. The van der Waals surface area contributed by atoms with Crippen LogP contribution >= 0.6 is 0 Å². The van der Waals surface area contributed by atoms with Crippen molar-refractivity contribution in [3.05, 3.63) is 24.3 Å². The van der Waals surface area contributed by atoms with Crippen molar-refractivity contribution in [2.75, 3.05) is 12.4 Å². The van der Waals surface area contributed by atoms with E-state index in [1.54, 1.807) is 31.4 Å². The number of nitrogens with one attached hydrogen (secondary N) is 3. The Morgan fingerprint density at radius 1 is 1.42 bits per heavy atom. The Kier molecular flexibility index (Phi) is 5.66. The first kappa shape index (κ1) is 14.8. The van der Waals surface area contributed by atoms with Crippen molar-refractivity contribution in [1.82, 2.24) is 5.32 Å². The average Bonchev–Trinajstić information content (AvgIpc) is 2.38. The number of amides is 2. The van der Waals surface area contributed by atoms with Gasteiger partial charge in [0.1, 0.15) is 5.75 Å². The number of methoxy groups -OCH3 is 1. The van der Waals surface area contributed by atoms with Gasteiger partial charge < -0.3 is 21.1 Å². The van der Waals surface area contributed by atoms with Crippen LogP contribution in [0.1, 0.15) is 19.8 Å². The van der Waals surface area contributed by atoms with Crippen LogP contribution in [0, 0.1) is 5.41 Å². The summed E-state index contributed by atoms with van der Waals surface area (Å²) in [4.78, 5) is 11.8. The monoisotopic (exact) mass is 264 g/mol. The Bertz CT molecular complexity index is 431. The summed E-state index contributed by atoms with van der Waals surface area (Å²) in [5.41, 5.74) is 6.00. The van der Waals surface area contributed by atoms with Crippen LogP contribution in [0.2, 0.25) is 0 Å². The average molecular weight is 264 g/mol. The predicted octanol–water partition coefficient (Wildman–Crippen LogP) is 1.92. The number of anilines is 1. The predicted molar refractivity (Wildman–Crippen MR) is 75.8 cm³/mol. The lowest BCUT2D eigenvalue weighted by Crippen LogP contribution is -2.39. The van der Waals surface area contributed by atoms with Gasteiger partial charge in [-0.25, -0.2) is 4.79 Å². The van der Waals surface area contributed by atoms with Gasteiger partial charge in [-0.1, -0.05) is 6.92 Å². The molecule has 19 heavy (non-hydrogen) atoms. The standard InChI is InChI=1S/C13H20N4O2/c1-3-9(8-12(14)15)16-13(18)17-10-4-6-11(19-2)7-5-10/h4-7,9H,3,8H2,1-2H3,(H3,14,15)(H2,16,17,18). The highest BCUT2D eigenvalue weighted by molar-refractivity contribution is 5.90. The highest BCUT2D eigenvalue weighted by Crippen LogP contribution is 2.14. The minimum Gasteiger partial charge on any atom is -0.497 e. The minimum absolute atomic E-state index is 0.0663. The lowest BCUT2D eigenvalue weighted by molar-refractivity contribution is 0.248. The molecule has 0 spiro atoms. The molecule has 0 saturated heterocycles. The van der Waals surface area contributed by atoms with E-state index in [1.165, 1.54) is 0 Å². The SMILES string of the molecule is CCC(CC(=N)N)NC(=O)Nc1ccc(OC)cc1. The molecule has 1 rings (SSSR count). The van der Waals surface area contributed by atoms with Gasteiger partial charge in [0.05, 0.1) is 12.9 Å². The van der Waals surface area contributed by atoms with E-state index in [-0.39, 0.29) is 17.9 Å². The van der Waals surface area contributed by atoms with Gasteiger partial charge in [0.2, 0.25) is 0 Å². The molecule has 104 valence electrons. The second-order valence-electron chi connectivity index (χ2n) is 4.16. The Labute approximate surface area is 112 Å². The number of carbonyl (C=O) groups is 1. The zero-order valence-corrected chi connectivity index (χ0v) is 11.2. The first-order chi connectivity index (χ1) is 9.05. The molecule has 0 heterocycles. The molecule has 0 fully saturated rings. The molecule has 0 radical (unpaired) electrons. The lowest BCUT2D eigenvalue weighted by atomic mass is 10.1. The molecule has 0 saturated carbocycles. The van der Waals surface area contributed by atoms with E-state index in [1.807, 2.05) is 6.92 Å². The summed E-state index contributed by atoms with van der Waals surface area (Å²) in [6.07, 6.45) is 1.07. The normalized spacial score (nSPS) is 11.5. The minimum atomic E-state index is -0.307. The van der Waals surface area contributed by atoms with Crippen LogP contribution in [0.15, 0.2) is 24.3 Å². The highest BCUT2D eigenvalue weighted by atomic mass is 16.5. The maximum atomic E-state index is 11.8. The number of benzene rings is 1. The molecule has 1 aromatic rings. The van der Waals surface area contributed by atoms with E-state index in [9.17, 15) is 4.79 Å². The third-order valence-electron chi connectivity index (χ3n) is 2.64. The van der Waals surface area contributed by atoms with Gasteiger partial charge >= 0.3 is 6.03 Å². The summed E-state index contributed by atoms with van der Waals surface area (Å²) in [6.45, 7) is 1.93. The number of carbonyl (C=O) groups excluding carboxylic acids is 1. The largest absolute Gasteiger partial charge is 0.497 e. The summed E-state index contributed by atoms with van der Waals surface area (Å²) in [5.74, 6) is 0.797. The third-order valence-corrected chi connectivity index (χ3v) is 2.64. The summed E-state index contributed by atoms with van der Waals surface area (Å²) in [6, 6.07) is 6.61. The van der Waals surface area contributed by atoms with Crippen LogP contribution < -0.4 is 21.1 Å². The Morgan fingerprint density at radius 2 is 2.05 bits per heavy atom. The van der Waals surface area contributed by atoms with E-state index < -0.39 is 0 Å². The van der Waals surface area contributed by atoms with Crippen LogP contribution in [-0.4, -0.2) is 25.0 Å². The summed E-state index contributed by atoms with van der Waals surface area (Å²) >= 11 is 0. The molecular formula is C13H20N4O2. The zero-order chi connectivity index (χ0) is 14.3. The topological polar surface area (TPSA) is 100 Å². The third kappa shape index (κ3) is 5.29. The fourth-order valence-corrected chi connectivity index (χ4v) is 1.59. The summed E-state index contributed by atoms with van der Waals surface area (Å²) < 4.78 is 5.03. The molecular weight excluding hydrogens is 244 g/mol. The van der Waals surface area contributed by atoms with Gasteiger partial charge in [-0.05, 0) is 30.7 Å². The second-order valence-corrected chi connectivity index (χ2v) is 4.16. The number of hydrogen-bond acceptors (Lipinski definition) is 3. The lowest BCUT2D eigenvalue weighted by Gasteiger charge is -2.16. The van der Waals surface area contributed by atoms with Crippen molar-refractivity contribution in [3.8, 4) is 5.75 Å². The maximum Gasteiger partial charge on any atom is 0.319 e. The molecule has 6 heteroatoms. The zero-order valence-electron chi connectivity index (χ0n) is 11.2. The number of ether oxygens (including phenoxy) is 1. The number of nitrogens with two attached hydrogens (primary N) is 1. The molecule has 0 aromatic heterocycles. The summed E-state index contributed by atoms with van der Waals surface area (Å²) in [5, 5.41) is 12.7. The molecule has 6 nitrogen and oxygen atoms in total. The van der Waals surface area contributed by atoms with Crippen molar-refractivity contribution in [2.45, 2.75) is 25.8 Å². The first-order valence-electron chi connectivity index (χ1n) is 6.09. The van der Waals surface area contributed by atoms with Gasteiger partial charge in [0.25, 0.3) is 0 Å². The molecule has 2 amide bonds. The molecule has 1 aromatic carbocycles. The van der Waals surface area contributed by atoms with Gasteiger partial charge in [0.15, 0.2) is 0 Å². The highest BCUT2D eigenvalue weighted by Gasteiger charge is 2.11. The Hall–Kier alpha value is -2.24. The van der Waals surface area contributed by atoms with Crippen molar-refractivity contribution >= 4 is 17.6 Å². The van der Waals surface area contributed by atoms with Crippen molar-refractivity contribution < 1.29 is 9.53 Å². The van der Waals surface area contributed by atoms with Crippen LogP contribution in [0.4, 0.5) is 10.5 Å². The number of amidine groups is 1. The van der Waals surface area contributed by atoms with Crippen LogP contribution in [-0.2, 0) is 0 Å². The van der Waals surface area contributed by atoms with Crippen LogP contribution in [0.25, 0.3) is 0 Å². The van der Waals surface area contributed by atoms with Gasteiger partial charge in [0, 0.05) is 18.2 Å². The smallest absolute Gasteiger partial charge is 0.319 e. The van der Waals surface area contributed by atoms with E-state index in [2.05, 4.69) is 10.6 Å². The summed E-state index contributed by atoms with van der Waals surface area (Å²) in [7, 11) is 1.59. The Morgan fingerprint density at radius 3 is 2.53 bits per heavy atom. The van der Waals surface area contributed by atoms with Crippen molar-refractivity contribution in [3.63, 3.8) is 0 Å². The van der Waals surface area contributed by atoms with Gasteiger partial charge in [-0.3, -0.25) is 5.41 Å². The van der Waals surface area contributed by atoms with E-state index in [0.717, 1.165) is 12.2 Å². The molecule has 0 aliphatic carbocycles. The van der Waals surface area contributed by atoms with Crippen LogP contribution in [0.5, 0.6) is 5.75 Å². The maximum absolute atomic E-state index is 11.8. The van der Waals surface area contributed by atoms with E-state index in [4.69, 9.17) is 15.9 Å². The number of urea groups is 1. The number of rotatable bonds is 6. The van der Waals surface area contributed by atoms with E-state index in [0.29, 0.717) is 12.1 Å². The Balaban J connectivity index is 2.51. The van der Waals surface area contributed by atoms with Gasteiger partial charge in [-0.15, -0.1) is 0 Å². The van der Waals surface area contributed by atoms with Crippen LogP contribution in [0.3, 0.4) is 0 Å². The molecule has 5 N–H and O–H groups in total. The first-order valence-corrected chi connectivity index (χ1v) is 6.09. The molecule has 0 bridgehead atoms. The molecule has 0 aliphatic heterocycles. The van der Waals surface area contributed by atoms with Gasteiger partial charge in [-0.2, -0.15) is 0 Å². The quantitative estimate of drug-likeness (QED) is 0.466. The van der Waals surface area contributed by atoms with E-state index >= 15 is 0 Å². The van der Waals surface area contributed by atoms with Crippen molar-refractivity contribution in [2.24, 2.45) is 5.73 Å². The molecule has 1 unspecified atom stereocenters. The molecule has 1 atom stereocenters. The fourth-order valence-electron chi connectivity index (χ4n) is 1.59. The second kappa shape index (κ2) is 7.25. The fraction of sp³-hybridized carbons (Fsp3) is 0.385. The van der Waals surface area contributed by atoms with Crippen molar-refractivity contribution in [1.29, 1.82) is 5.41 Å². The molecule has 0 aliphatic rings.